The van der Waals surface area contributed by atoms with E-state index < -0.39 is 18.0 Å². The number of ether oxygens (including phenoxy) is 3. The van der Waals surface area contributed by atoms with Gasteiger partial charge in [-0.05, 0) is 28.0 Å². The molecule has 1 unspecified atom stereocenters. The van der Waals surface area contributed by atoms with Gasteiger partial charge in [0, 0.05) is 12.5 Å². The third kappa shape index (κ3) is 3.71. The molecule has 0 radical (unpaired) electrons. The van der Waals surface area contributed by atoms with Gasteiger partial charge in [0.15, 0.2) is 11.9 Å². The summed E-state index contributed by atoms with van der Waals surface area (Å²) in [6.07, 6.45) is -0.820. The van der Waals surface area contributed by atoms with E-state index in [2.05, 4.69) is 6.07 Å². The average Bonchev–Trinajstić information content (AvgIpc) is 2.88. The lowest BCUT2D eigenvalue weighted by Crippen LogP contribution is -2.25. The Balaban J connectivity index is 1.91. The van der Waals surface area contributed by atoms with Crippen LogP contribution >= 0.6 is 0 Å². The van der Waals surface area contributed by atoms with Gasteiger partial charge in [0.25, 0.3) is 0 Å². The molecule has 0 aliphatic carbocycles. The fraction of sp³-hybridized carbons (Fsp3) is 0.103. The molecular weight excluding hydrogens is 428 g/mol. The predicted molar refractivity (Wildman–Crippen MR) is 130 cm³/mol. The third-order valence-corrected chi connectivity index (χ3v) is 5.81. The molecule has 0 saturated heterocycles. The molecule has 0 amide bonds. The van der Waals surface area contributed by atoms with Crippen LogP contribution in [0.4, 0.5) is 0 Å². The molecular formula is C29H22O5. The fourth-order valence-corrected chi connectivity index (χ4v) is 4.36. The van der Waals surface area contributed by atoms with Crippen LogP contribution in [0.3, 0.4) is 0 Å². The summed E-state index contributed by atoms with van der Waals surface area (Å²) in [7, 11) is 1.30. The minimum Gasteiger partial charge on any atom is -0.479 e. The van der Waals surface area contributed by atoms with E-state index in [9.17, 15) is 9.59 Å². The van der Waals surface area contributed by atoms with Gasteiger partial charge in [-0.2, -0.15) is 0 Å². The first-order chi connectivity index (χ1) is 16.6. The van der Waals surface area contributed by atoms with Gasteiger partial charge in [0.2, 0.25) is 0 Å². The van der Waals surface area contributed by atoms with Crippen LogP contribution in [0, 0.1) is 0 Å². The minimum absolute atomic E-state index is 0.145. The van der Waals surface area contributed by atoms with Crippen LogP contribution in [0.1, 0.15) is 24.2 Å². The maximum Gasteiger partial charge on any atom is 0.341 e. The standard InChI is InChI=1S/C29H22O5/c1-18(30)33-28-24-22-16-10-9-15-21(22)17-23(19-11-5-3-6-12-19)27(24)34-26(25(28)29(31)32-2)20-13-7-4-8-14-20/h3-17,26H,1-2H3. The summed E-state index contributed by atoms with van der Waals surface area (Å²) >= 11 is 0. The second-order valence-corrected chi connectivity index (χ2v) is 7.95. The smallest absolute Gasteiger partial charge is 0.341 e. The topological polar surface area (TPSA) is 61.8 Å². The maximum atomic E-state index is 13.1. The number of methoxy groups -OCH3 is 1. The molecule has 34 heavy (non-hydrogen) atoms. The molecule has 0 aromatic heterocycles. The molecule has 168 valence electrons. The Kier molecular flexibility index (Phi) is 5.60. The average molecular weight is 450 g/mol. The number of rotatable bonds is 4. The van der Waals surface area contributed by atoms with E-state index in [4.69, 9.17) is 14.2 Å². The van der Waals surface area contributed by atoms with Crippen LogP contribution in [-0.4, -0.2) is 19.0 Å². The van der Waals surface area contributed by atoms with Gasteiger partial charge < -0.3 is 14.2 Å². The molecule has 5 nitrogen and oxygen atoms in total. The van der Waals surface area contributed by atoms with Crippen LogP contribution in [0.25, 0.3) is 27.7 Å². The normalized spacial score (nSPS) is 14.8. The number of carbonyl (C=O) groups excluding carboxylic acids is 2. The summed E-state index contributed by atoms with van der Waals surface area (Å²) in [5.74, 6) is -0.457. The predicted octanol–water partition coefficient (Wildman–Crippen LogP) is 6.09. The molecule has 0 spiro atoms. The van der Waals surface area contributed by atoms with E-state index in [1.165, 1.54) is 14.0 Å². The van der Waals surface area contributed by atoms with Gasteiger partial charge in [-0.15, -0.1) is 0 Å². The van der Waals surface area contributed by atoms with Crippen molar-refractivity contribution in [3.05, 3.63) is 108 Å². The molecule has 4 aromatic rings. The third-order valence-electron chi connectivity index (χ3n) is 5.81. The Bertz CT molecular complexity index is 1420. The zero-order valence-electron chi connectivity index (χ0n) is 18.8. The van der Waals surface area contributed by atoms with Crippen molar-refractivity contribution < 1.29 is 23.8 Å². The first kappa shape index (κ1) is 21.5. The SMILES string of the molecule is COC(=O)C1=C(OC(C)=O)c2c(c(-c3ccccc3)cc3ccccc23)OC1c1ccccc1. The Morgan fingerprint density at radius 1 is 0.853 bits per heavy atom. The lowest BCUT2D eigenvalue weighted by Gasteiger charge is -2.32. The largest absolute Gasteiger partial charge is 0.479 e. The summed E-state index contributed by atoms with van der Waals surface area (Å²) in [5.41, 5.74) is 3.22. The molecule has 1 aliphatic rings. The van der Waals surface area contributed by atoms with Crippen LogP contribution in [0.2, 0.25) is 0 Å². The second kappa shape index (κ2) is 8.87. The lowest BCUT2D eigenvalue weighted by molar-refractivity contribution is -0.137. The molecule has 5 heteroatoms. The van der Waals surface area contributed by atoms with Crippen LogP contribution < -0.4 is 4.74 Å². The highest BCUT2D eigenvalue weighted by Gasteiger charge is 2.39. The lowest BCUT2D eigenvalue weighted by atomic mass is 9.88. The van der Waals surface area contributed by atoms with E-state index in [-0.39, 0.29) is 11.3 Å². The summed E-state index contributed by atoms with van der Waals surface area (Å²) < 4.78 is 17.5. The number of benzene rings is 4. The second-order valence-electron chi connectivity index (χ2n) is 7.95. The van der Waals surface area contributed by atoms with Crippen molar-refractivity contribution in [3.63, 3.8) is 0 Å². The first-order valence-electron chi connectivity index (χ1n) is 10.9. The van der Waals surface area contributed by atoms with Crippen molar-refractivity contribution in [3.8, 4) is 16.9 Å². The summed E-state index contributed by atoms with van der Waals surface area (Å²) in [5, 5.41) is 1.73. The number of hydrogen-bond acceptors (Lipinski definition) is 5. The van der Waals surface area contributed by atoms with Gasteiger partial charge in [-0.1, -0.05) is 84.9 Å². The van der Waals surface area contributed by atoms with Crippen molar-refractivity contribution in [2.45, 2.75) is 13.0 Å². The quantitative estimate of drug-likeness (QED) is 0.352. The van der Waals surface area contributed by atoms with E-state index in [0.29, 0.717) is 11.3 Å². The number of carbonyl (C=O) groups is 2. The zero-order chi connectivity index (χ0) is 23.7. The molecule has 1 aliphatic heterocycles. The maximum absolute atomic E-state index is 13.1. The van der Waals surface area contributed by atoms with E-state index >= 15 is 0 Å². The molecule has 1 atom stereocenters. The summed E-state index contributed by atoms with van der Waals surface area (Å²) in [6.45, 7) is 1.32. The summed E-state index contributed by atoms with van der Waals surface area (Å²) in [4.78, 5) is 25.4. The first-order valence-corrected chi connectivity index (χ1v) is 10.9. The van der Waals surface area contributed by atoms with Gasteiger partial charge in [0.05, 0.1) is 12.7 Å². The number of esters is 2. The molecule has 0 fully saturated rings. The van der Waals surface area contributed by atoms with Gasteiger partial charge in [0.1, 0.15) is 11.3 Å². The van der Waals surface area contributed by atoms with Crippen LogP contribution in [0.15, 0.2) is 96.6 Å². The van der Waals surface area contributed by atoms with Crippen LogP contribution in [0.5, 0.6) is 5.75 Å². The Hall–Kier alpha value is -4.38. The minimum atomic E-state index is -0.820. The van der Waals surface area contributed by atoms with Crippen LogP contribution in [-0.2, 0) is 19.1 Å². The Labute approximate surface area is 197 Å². The molecule has 0 saturated carbocycles. The van der Waals surface area contributed by atoms with E-state index in [1.807, 2.05) is 84.9 Å². The molecule has 0 N–H and O–H groups in total. The van der Waals surface area contributed by atoms with Crippen molar-refractivity contribution >= 4 is 28.5 Å². The van der Waals surface area contributed by atoms with E-state index in [1.54, 1.807) is 0 Å². The number of fused-ring (bicyclic) bond motifs is 3. The van der Waals surface area contributed by atoms with Gasteiger partial charge >= 0.3 is 11.9 Å². The highest BCUT2D eigenvalue weighted by atomic mass is 16.6. The van der Waals surface area contributed by atoms with Crippen molar-refractivity contribution in [2.24, 2.45) is 0 Å². The molecule has 4 aromatic carbocycles. The van der Waals surface area contributed by atoms with Gasteiger partial charge in [-0.25, -0.2) is 4.79 Å². The van der Waals surface area contributed by atoms with Crippen molar-refractivity contribution in [1.82, 2.24) is 0 Å². The Morgan fingerprint density at radius 3 is 2.18 bits per heavy atom. The van der Waals surface area contributed by atoms with Crippen molar-refractivity contribution in [2.75, 3.05) is 7.11 Å². The molecule has 0 bridgehead atoms. The monoisotopic (exact) mass is 450 g/mol. The summed E-state index contributed by atoms with van der Waals surface area (Å²) in [6, 6.07) is 29.0. The Morgan fingerprint density at radius 2 is 1.50 bits per heavy atom. The van der Waals surface area contributed by atoms with Crippen molar-refractivity contribution in [1.29, 1.82) is 0 Å². The number of hydrogen-bond donors (Lipinski definition) is 0. The zero-order valence-corrected chi connectivity index (χ0v) is 18.8. The highest BCUT2D eigenvalue weighted by Crippen LogP contribution is 2.50. The molecule has 1 heterocycles. The fourth-order valence-electron chi connectivity index (χ4n) is 4.36. The van der Waals surface area contributed by atoms with E-state index in [0.717, 1.165) is 27.5 Å². The van der Waals surface area contributed by atoms with Gasteiger partial charge in [-0.3, -0.25) is 4.79 Å². The highest BCUT2D eigenvalue weighted by molar-refractivity contribution is 6.08. The molecule has 5 rings (SSSR count).